The van der Waals surface area contributed by atoms with Gasteiger partial charge in [0.1, 0.15) is 11.5 Å². The first kappa shape index (κ1) is 21.6. The Morgan fingerprint density at radius 3 is 2.47 bits per heavy atom. The molecular weight excluding hydrogens is 422 g/mol. The molecule has 0 spiro atoms. The number of hydrogen-bond acceptors (Lipinski definition) is 6. The van der Waals surface area contributed by atoms with Crippen molar-refractivity contribution in [2.45, 2.75) is 30.4 Å². The number of benzene rings is 3. The molecule has 1 amide bonds. The third kappa shape index (κ3) is 5.98. The quantitative estimate of drug-likeness (QED) is 0.325. The molecule has 0 aliphatic carbocycles. The highest BCUT2D eigenvalue weighted by Gasteiger charge is 2.13. The molecule has 0 aliphatic rings. The molecule has 32 heavy (non-hydrogen) atoms. The maximum atomic E-state index is 12.6. The second-order valence-corrected chi connectivity index (χ2v) is 9.04. The lowest BCUT2D eigenvalue weighted by molar-refractivity contribution is 0.102. The molecule has 0 atom stereocenters. The summed E-state index contributed by atoms with van der Waals surface area (Å²) in [5.41, 5.74) is 1.49. The van der Waals surface area contributed by atoms with Crippen molar-refractivity contribution in [3.8, 4) is 11.5 Å². The van der Waals surface area contributed by atoms with Gasteiger partial charge < -0.3 is 9.15 Å². The van der Waals surface area contributed by atoms with Gasteiger partial charge in [0.25, 0.3) is 5.91 Å². The highest BCUT2D eigenvalue weighted by Crippen LogP contribution is 2.24. The zero-order chi connectivity index (χ0) is 22.3. The van der Waals surface area contributed by atoms with Gasteiger partial charge in [0.2, 0.25) is 5.89 Å². The van der Waals surface area contributed by atoms with Crippen LogP contribution in [0.25, 0.3) is 0 Å². The van der Waals surface area contributed by atoms with Crippen LogP contribution in [0.3, 0.4) is 0 Å². The Morgan fingerprint density at radius 2 is 1.72 bits per heavy atom. The molecule has 1 aromatic heterocycles. The van der Waals surface area contributed by atoms with Crippen LogP contribution in [0.4, 0.5) is 6.01 Å². The molecule has 1 N–H and O–H groups in total. The maximum absolute atomic E-state index is 12.6. The topological polar surface area (TPSA) is 77.2 Å². The third-order valence-electron chi connectivity index (χ3n) is 4.41. The molecule has 0 radical (unpaired) electrons. The number of carbonyl (C=O) groups is 1. The van der Waals surface area contributed by atoms with Crippen molar-refractivity contribution < 1.29 is 13.9 Å². The molecule has 0 saturated carbocycles. The van der Waals surface area contributed by atoms with E-state index < -0.39 is 0 Å². The summed E-state index contributed by atoms with van der Waals surface area (Å²) < 4.78 is 11.4. The van der Waals surface area contributed by atoms with E-state index in [0.717, 1.165) is 5.56 Å². The first-order chi connectivity index (χ1) is 15.5. The van der Waals surface area contributed by atoms with E-state index >= 15 is 0 Å². The van der Waals surface area contributed by atoms with Crippen LogP contribution in [0.15, 0.2) is 88.2 Å². The number of carbonyl (C=O) groups excluding carboxylic acids is 1. The van der Waals surface area contributed by atoms with Gasteiger partial charge in [-0.05, 0) is 48.0 Å². The number of aromatic nitrogens is 2. The van der Waals surface area contributed by atoms with Crippen LogP contribution in [-0.4, -0.2) is 21.4 Å². The average molecular weight is 446 g/mol. The molecule has 1 heterocycles. The normalized spacial score (nSPS) is 10.8. The van der Waals surface area contributed by atoms with Gasteiger partial charge in [0.05, 0.1) is 6.42 Å². The number of hydrogen-bond donors (Lipinski definition) is 1. The number of nitrogens with one attached hydrogen (secondary N) is 1. The highest BCUT2D eigenvalue weighted by atomic mass is 32.2. The summed E-state index contributed by atoms with van der Waals surface area (Å²) in [5.74, 6) is 1.34. The fourth-order valence-electron chi connectivity index (χ4n) is 3.00. The summed E-state index contributed by atoms with van der Waals surface area (Å²) in [7, 11) is 0. The lowest BCUT2D eigenvalue weighted by Crippen LogP contribution is -2.12. The molecule has 4 aromatic rings. The van der Waals surface area contributed by atoms with Gasteiger partial charge in [-0.1, -0.05) is 55.3 Å². The molecule has 6 nitrogen and oxygen atoms in total. The van der Waals surface area contributed by atoms with Gasteiger partial charge in [-0.2, -0.15) is 0 Å². The van der Waals surface area contributed by atoms with Crippen LogP contribution in [0.2, 0.25) is 0 Å². The molecule has 0 fully saturated rings. The number of anilines is 1. The predicted octanol–water partition coefficient (Wildman–Crippen LogP) is 6.21. The number of thioether (sulfide) groups is 1. The van der Waals surface area contributed by atoms with Gasteiger partial charge in [-0.15, -0.1) is 16.9 Å². The Balaban J connectivity index is 1.37. The first-order valence-electron chi connectivity index (χ1n) is 10.3. The smallest absolute Gasteiger partial charge is 0.322 e. The first-order valence-corrected chi connectivity index (χ1v) is 11.2. The van der Waals surface area contributed by atoms with Crippen LogP contribution in [0.1, 0.15) is 35.7 Å². The number of para-hydroxylation sites is 1. The van der Waals surface area contributed by atoms with Gasteiger partial charge in [0, 0.05) is 15.7 Å². The van der Waals surface area contributed by atoms with E-state index in [9.17, 15) is 4.79 Å². The maximum Gasteiger partial charge on any atom is 0.322 e. The fourth-order valence-corrected chi connectivity index (χ4v) is 3.84. The number of nitrogens with zero attached hydrogens (tertiary/aromatic N) is 2. The Morgan fingerprint density at radius 1 is 0.969 bits per heavy atom. The lowest BCUT2D eigenvalue weighted by atomic mass is 10.1. The molecule has 7 heteroatoms. The van der Waals surface area contributed by atoms with E-state index in [1.54, 1.807) is 24.3 Å². The zero-order valence-electron chi connectivity index (χ0n) is 17.8. The molecule has 162 valence electrons. The summed E-state index contributed by atoms with van der Waals surface area (Å²) in [6.07, 6.45) is 0.496. The average Bonchev–Trinajstić information content (AvgIpc) is 3.22. The van der Waals surface area contributed by atoms with Gasteiger partial charge in [-0.3, -0.25) is 10.1 Å². The van der Waals surface area contributed by atoms with Crippen LogP contribution in [0, 0.1) is 0 Å². The van der Waals surface area contributed by atoms with E-state index in [4.69, 9.17) is 9.15 Å². The Kier molecular flexibility index (Phi) is 6.87. The standard InChI is InChI=1S/C25H23N3O3S/c1-17(2)32-22-13-11-18(12-14-22)15-23-27-28-25(31-23)26-24(29)19-7-6-10-21(16-19)30-20-8-4-3-5-9-20/h3-14,16-17H,15H2,1-2H3,(H,26,28,29). The van der Waals surface area contributed by atoms with E-state index in [2.05, 4.69) is 41.5 Å². The molecule has 0 bridgehead atoms. The van der Waals surface area contributed by atoms with Crippen LogP contribution in [-0.2, 0) is 6.42 Å². The number of amides is 1. The second-order valence-electron chi connectivity index (χ2n) is 7.39. The monoisotopic (exact) mass is 445 g/mol. The van der Waals surface area contributed by atoms with Crippen molar-refractivity contribution in [2.75, 3.05) is 5.32 Å². The van der Waals surface area contributed by atoms with Crippen molar-refractivity contribution >= 4 is 23.7 Å². The van der Waals surface area contributed by atoms with Crippen LogP contribution < -0.4 is 10.1 Å². The van der Waals surface area contributed by atoms with Crippen molar-refractivity contribution in [3.63, 3.8) is 0 Å². The molecule has 0 aliphatic heterocycles. The molecular formula is C25H23N3O3S. The largest absolute Gasteiger partial charge is 0.457 e. The summed E-state index contributed by atoms with van der Waals surface area (Å²) in [6, 6.07) is 24.6. The number of ether oxygens (including phenoxy) is 1. The SMILES string of the molecule is CC(C)Sc1ccc(Cc2nnc(NC(=O)c3cccc(Oc4ccccc4)c3)o2)cc1. The van der Waals surface area contributed by atoms with E-state index in [-0.39, 0.29) is 11.9 Å². The minimum atomic E-state index is -0.353. The van der Waals surface area contributed by atoms with Crippen molar-refractivity contribution in [1.82, 2.24) is 10.2 Å². The molecule has 3 aromatic carbocycles. The second kappa shape index (κ2) is 10.2. The molecule has 0 unspecified atom stereocenters. The summed E-state index contributed by atoms with van der Waals surface area (Å²) in [6.45, 7) is 4.33. The minimum Gasteiger partial charge on any atom is -0.457 e. The summed E-state index contributed by atoms with van der Waals surface area (Å²) in [4.78, 5) is 13.8. The van der Waals surface area contributed by atoms with Crippen molar-refractivity contribution in [3.05, 3.63) is 95.9 Å². The Hall–Kier alpha value is -3.58. The molecule has 4 rings (SSSR count). The number of rotatable bonds is 8. The van der Waals surface area contributed by atoms with Gasteiger partial charge >= 0.3 is 6.01 Å². The van der Waals surface area contributed by atoms with Crippen LogP contribution in [0.5, 0.6) is 11.5 Å². The van der Waals surface area contributed by atoms with Crippen molar-refractivity contribution in [1.29, 1.82) is 0 Å². The summed E-state index contributed by atoms with van der Waals surface area (Å²) in [5, 5.41) is 11.2. The summed E-state index contributed by atoms with van der Waals surface area (Å²) >= 11 is 1.82. The van der Waals surface area contributed by atoms with Crippen LogP contribution >= 0.6 is 11.8 Å². The van der Waals surface area contributed by atoms with Crippen molar-refractivity contribution in [2.24, 2.45) is 0 Å². The predicted molar refractivity (Wildman–Crippen MR) is 125 cm³/mol. The van der Waals surface area contributed by atoms with E-state index in [0.29, 0.717) is 34.6 Å². The van der Waals surface area contributed by atoms with Gasteiger partial charge in [-0.25, -0.2) is 0 Å². The zero-order valence-corrected chi connectivity index (χ0v) is 18.6. The lowest BCUT2D eigenvalue weighted by Gasteiger charge is -2.07. The third-order valence-corrected chi connectivity index (χ3v) is 5.43. The minimum absolute atomic E-state index is 0.0614. The highest BCUT2D eigenvalue weighted by molar-refractivity contribution is 7.99. The van der Waals surface area contributed by atoms with E-state index in [1.165, 1.54) is 4.90 Å². The fraction of sp³-hybridized carbons (Fsp3) is 0.160. The molecule has 0 saturated heterocycles. The van der Waals surface area contributed by atoms with E-state index in [1.807, 2.05) is 54.2 Å². The Bertz CT molecular complexity index is 1170. The Labute approximate surface area is 191 Å². The van der Waals surface area contributed by atoms with Gasteiger partial charge in [0.15, 0.2) is 0 Å².